The van der Waals surface area contributed by atoms with E-state index in [1.165, 1.54) is 0 Å². The number of carboxylic acid groups (broad SMARTS) is 1. The van der Waals surface area contributed by atoms with Gasteiger partial charge >= 0.3 is 5.97 Å². The van der Waals surface area contributed by atoms with E-state index in [2.05, 4.69) is 5.32 Å². The van der Waals surface area contributed by atoms with Crippen LogP contribution in [0.1, 0.15) is 34.1 Å². The van der Waals surface area contributed by atoms with E-state index in [-0.39, 0.29) is 12.6 Å². The molecular weight excluding hydrogens is 210 g/mol. The van der Waals surface area contributed by atoms with Crippen LogP contribution in [0, 0.1) is 0 Å². The van der Waals surface area contributed by atoms with Crippen LogP contribution < -0.4 is 5.32 Å². The van der Waals surface area contributed by atoms with E-state index in [0.29, 0.717) is 6.42 Å². The maximum Gasteiger partial charge on any atom is 0.323 e. The average molecular weight is 233 g/mol. The van der Waals surface area contributed by atoms with Crippen LogP contribution in [-0.4, -0.2) is 47.1 Å². The number of nitrogens with one attached hydrogen (secondary N) is 1. The molecule has 0 rings (SSSR count). The first kappa shape index (κ1) is 15.3. The third kappa shape index (κ3) is 4.47. The number of hydrogen-bond donors (Lipinski definition) is 3. The predicted octanol–water partition coefficient (Wildman–Crippen LogP) is 0.615. The Bertz CT molecular complexity index is 242. The Morgan fingerprint density at radius 1 is 1.44 bits per heavy atom. The fourth-order valence-corrected chi connectivity index (χ4v) is 1.70. The second kappa shape index (κ2) is 5.61. The molecule has 3 N–H and O–H groups in total. The third-order valence-electron chi connectivity index (χ3n) is 2.64. The van der Waals surface area contributed by atoms with Crippen molar-refractivity contribution in [2.75, 3.05) is 13.7 Å². The topological polar surface area (TPSA) is 78.8 Å². The minimum Gasteiger partial charge on any atom is -0.480 e. The van der Waals surface area contributed by atoms with Crippen molar-refractivity contribution in [3.63, 3.8) is 0 Å². The Hall–Kier alpha value is -0.650. The van der Waals surface area contributed by atoms with E-state index < -0.39 is 17.1 Å². The van der Waals surface area contributed by atoms with Gasteiger partial charge in [0.05, 0.1) is 12.2 Å². The molecule has 0 saturated heterocycles. The summed E-state index contributed by atoms with van der Waals surface area (Å²) in [6, 6.07) is -0.270. The predicted molar refractivity (Wildman–Crippen MR) is 61.4 cm³/mol. The van der Waals surface area contributed by atoms with E-state index in [1.807, 2.05) is 13.8 Å². The number of aliphatic carboxylic acids is 1. The number of aliphatic hydroxyl groups is 1. The molecule has 2 atom stereocenters. The van der Waals surface area contributed by atoms with Crippen molar-refractivity contribution in [1.29, 1.82) is 0 Å². The Balaban J connectivity index is 4.77. The summed E-state index contributed by atoms with van der Waals surface area (Å²) in [5.41, 5.74) is -1.64. The van der Waals surface area contributed by atoms with Crippen LogP contribution in [0.5, 0.6) is 0 Å². The molecule has 0 aliphatic rings. The Kier molecular flexibility index (Phi) is 5.38. The van der Waals surface area contributed by atoms with Crippen LogP contribution >= 0.6 is 0 Å². The molecule has 0 aliphatic carbocycles. The zero-order valence-electron chi connectivity index (χ0n) is 10.7. The van der Waals surface area contributed by atoms with Crippen LogP contribution in [0.25, 0.3) is 0 Å². The molecule has 0 saturated carbocycles. The monoisotopic (exact) mass is 233 g/mol. The first-order chi connectivity index (χ1) is 7.17. The van der Waals surface area contributed by atoms with Crippen molar-refractivity contribution in [1.82, 2.24) is 5.32 Å². The van der Waals surface area contributed by atoms with Gasteiger partial charge in [-0.05, 0) is 27.7 Å². The van der Waals surface area contributed by atoms with E-state index in [9.17, 15) is 9.90 Å². The smallest absolute Gasteiger partial charge is 0.323 e. The van der Waals surface area contributed by atoms with Gasteiger partial charge in [-0.25, -0.2) is 0 Å². The normalized spacial score (nSPS) is 17.9. The van der Waals surface area contributed by atoms with Crippen molar-refractivity contribution < 1.29 is 19.7 Å². The van der Waals surface area contributed by atoms with Gasteiger partial charge in [0.25, 0.3) is 0 Å². The van der Waals surface area contributed by atoms with Crippen LogP contribution in [-0.2, 0) is 9.53 Å². The molecule has 0 bridgehead atoms. The number of carboxylic acids is 1. The minimum absolute atomic E-state index is 0.101. The van der Waals surface area contributed by atoms with Gasteiger partial charge in [0.1, 0.15) is 5.54 Å². The zero-order valence-corrected chi connectivity index (χ0v) is 10.7. The molecule has 0 aliphatic heterocycles. The number of rotatable bonds is 7. The highest BCUT2D eigenvalue weighted by Crippen LogP contribution is 2.23. The Morgan fingerprint density at radius 3 is 2.25 bits per heavy atom. The largest absolute Gasteiger partial charge is 0.480 e. The summed E-state index contributed by atoms with van der Waals surface area (Å²) < 4.78 is 5.23. The van der Waals surface area contributed by atoms with Crippen molar-refractivity contribution in [2.24, 2.45) is 0 Å². The molecule has 5 nitrogen and oxygen atoms in total. The second-order valence-electron chi connectivity index (χ2n) is 5.01. The molecule has 0 radical (unpaired) electrons. The van der Waals surface area contributed by atoms with Gasteiger partial charge in [-0.15, -0.1) is 0 Å². The zero-order chi connectivity index (χ0) is 13.0. The molecule has 96 valence electrons. The molecule has 5 heteroatoms. The lowest BCUT2D eigenvalue weighted by Gasteiger charge is -2.36. The van der Waals surface area contributed by atoms with Crippen molar-refractivity contribution >= 4 is 5.97 Å². The average Bonchev–Trinajstić information content (AvgIpc) is 2.16. The van der Waals surface area contributed by atoms with E-state index in [0.717, 1.165) is 0 Å². The Morgan fingerprint density at radius 2 is 1.94 bits per heavy atom. The number of hydrogen-bond acceptors (Lipinski definition) is 4. The summed E-state index contributed by atoms with van der Waals surface area (Å²) in [7, 11) is 1.55. The molecule has 16 heavy (non-hydrogen) atoms. The van der Waals surface area contributed by atoms with E-state index in [4.69, 9.17) is 9.84 Å². The van der Waals surface area contributed by atoms with Gasteiger partial charge in [0, 0.05) is 19.6 Å². The molecule has 0 aromatic carbocycles. The molecule has 2 unspecified atom stereocenters. The molecular formula is C11H23NO4. The lowest BCUT2D eigenvalue weighted by atomic mass is 9.87. The maximum absolute atomic E-state index is 11.3. The second-order valence-corrected chi connectivity index (χ2v) is 5.01. The highest BCUT2D eigenvalue weighted by atomic mass is 16.5. The lowest BCUT2D eigenvalue weighted by molar-refractivity contribution is -0.148. The van der Waals surface area contributed by atoms with E-state index >= 15 is 0 Å². The summed E-state index contributed by atoms with van der Waals surface area (Å²) in [6.07, 6.45) is 0.316. The molecule has 0 aromatic rings. The number of aliphatic hydroxyl groups excluding tert-OH is 1. The van der Waals surface area contributed by atoms with Crippen LogP contribution in [0.4, 0.5) is 0 Å². The third-order valence-corrected chi connectivity index (χ3v) is 2.64. The lowest BCUT2D eigenvalue weighted by Crippen LogP contribution is -2.57. The van der Waals surface area contributed by atoms with Gasteiger partial charge in [-0.2, -0.15) is 0 Å². The SMILES string of the molecule is COC(C)(C)CC(C)(NC(C)CO)C(=O)O. The van der Waals surface area contributed by atoms with Crippen molar-refractivity contribution in [3.05, 3.63) is 0 Å². The quantitative estimate of drug-likeness (QED) is 0.600. The standard InChI is InChI=1S/C11H23NO4/c1-8(6-13)12-11(4,9(14)15)7-10(2,3)16-5/h8,12-13H,6-7H2,1-5H3,(H,14,15). The number of ether oxygens (including phenoxy) is 1. The van der Waals surface area contributed by atoms with Gasteiger partial charge in [-0.1, -0.05) is 0 Å². The van der Waals surface area contributed by atoms with Crippen molar-refractivity contribution in [2.45, 2.75) is 51.3 Å². The summed E-state index contributed by atoms with van der Waals surface area (Å²) >= 11 is 0. The summed E-state index contributed by atoms with van der Waals surface area (Å²) in [6.45, 7) is 6.90. The summed E-state index contributed by atoms with van der Waals surface area (Å²) in [5, 5.41) is 21.1. The number of carbonyl (C=O) groups is 1. The Labute approximate surface area is 96.8 Å². The molecule has 0 heterocycles. The van der Waals surface area contributed by atoms with Gasteiger partial charge in [0.2, 0.25) is 0 Å². The fourth-order valence-electron chi connectivity index (χ4n) is 1.70. The highest BCUT2D eigenvalue weighted by molar-refractivity contribution is 5.78. The van der Waals surface area contributed by atoms with Crippen LogP contribution in [0.2, 0.25) is 0 Å². The molecule has 0 amide bonds. The van der Waals surface area contributed by atoms with Crippen LogP contribution in [0.15, 0.2) is 0 Å². The summed E-state index contributed by atoms with van der Waals surface area (Å²) in [4.78, 5) is 11.3. The van der Waals surface area contributed by atoms with E-state index in [1.54, 1.807) is 21.0 Å². The number of methoxy groups -OCH3 is 1. The van der Waals surface area contributed by atoms with Gasteiger partial charge < -0.3 is 14.9 Å². The maximum atomic E-state index is 11.3. The fraction of sp³-hybridized carbons (Fsp3) is 0.909. The molecule has 0 spiro atoms. The first-order valence-electron chi connectivity index (χ1n) is 5.34. The summed E-state index contributed by atoms with van der Waals surface area (Å²) in [5.74, 6) is -0.946. The minimum atomic E-state index is -1.11. The van der Waals surface area contributed by atoms with Crippen molar-refractivity contribution in [3.8, 4) is 0 Å². The molecule has 0 aromatic heterocycles. The highest BCUT2D eigenvalue weighted by Gasteiger charge is 2.39. The van der Waals surface area contributed by atoms with Gasteiger partial charge in [0.15, 0.2) is 0 Å². The van der Waals surface area contributed by atoms with Gasteiger partial charge in [-0.3, -0.25) is 10.1 Å². The first-order valence-corrected chi connectivity index (χ1v) is 5.34. The van der Waals surface area contributed by atoms with Crippen LogP contribution in [0.3, 0.4) is 0 Å². The molecule has 0 fully saturated rings.